The Kier molecular flexibility index (Phi) is 4.22. The van der Waals surface area contributed by atoms with Gasteiger partial charge in [0.15, 0.2) is 5.89 Å². The summed E-state index contributed by atoms with van der Waals surface area (Å²) in [6.07, 6.45) is 0.816. The molecule has 1 heterocycles. The Morgan fingerprint density at radius 2 is 2.00 bits per heavy atom. The lowest BCUT2D eigenvalue weighted by Gasteiger charge is -2.04. The van der Waals surface area contributed by atoms with Crippen molar-refractivity contribution in [3.63, 3.8) is 0 Å². The number of rotatable bonds is 4. The number of nitrogens with zero attached hydrogens (tertiary/aromatic N) is 1. The first-order valence-electron chi connectivity index (χ1n) is 6.00. The standard InChI is InChI=1S/C14H15ClN2O2/c1-9-13(19-10(2)16-9)14(18)17-12-5-3-11(4-6-12)7-8-15/h3-6H,7-8H2,1-2H3,(H,17,18). The molecule has 0 bridgehead atoms. The number of carbonyl (C=O) groups is 1. The van der Waals surface area contributed by atoms with Gasteiger partial charge in [0.25, 0.3) is 5.91 Å². The highest BCUT2D eigenvalue weighted by Crippen LogP contribution is 2.14. The predicted molar refractivity (Wildman–Crippen MR) is 74.8 cm³/mol. The third-order valence-electron chi connectivity index (χ3n) is 2.70. The summed E-state index contributed by atoms with van der Waals surface area (Å²) >= 11 is 5.67. The molecule has 0 aliphatic rings. The largest absolute Gasteiger partial charge is 0.436 e. The van der Waals surface area contributed by atoms with E-state index in [1.165, 1.54) is 0 Å². The second-order valence-electron chi connectivity index (χ2n) is 4.24. The van der Waals surface area contributed by atoms with Crippen molar-refractivity contribution >= 4 is 23.2 Å². The van der Waals surface area contributed by atoms with Crippen LogP contribution in [0.3, 0.4) is 0 Å². The van der Waals surface area contributed by atoms with Gasteiger partial charge in [-0.3, -0.25) is 4.79 Å². The fraction of sp³-hybridized carbons (Fsp3) is 0.286. The van der Waals surface area contributed by atoms with Gasteiger partial charge in [0.1, 0.15) is 0 Å². The molecule has 0 saturated heterocycles. The molecule has 5 heteroatoms. The number of anilines is 1. The summed E-state index contributed by atoms with van der Waals surface area (Å²) in [6, 6.07) is 7.57. The van der Waals surface area contributed by atoms with Crippen LogP contribution in [0.25, 0.3) is 0 Å². The van der Waals surface area contributed by atoms with Crippen molar-refractivity contribution in [2.75, 3.05) is 11.2 Å². The van der Waals surface area contributed by atoms with Crippen LogP contribution in [0.5, 0.6) is 0 Å². The van der Waals surface area contributed by atoms with Crippen molar-refractivity contribution in [2.24, 2.45) is 0 Å². The molecule has 0 unspecified atom stereocenters. The number of oxazole rings is 1. The van der Waals surface area contributed by atoms with Gasteiger partial charge < -0.3 is 9.73 Å². The van der Waals surface area contributed by atoms with E-state index in [1.54, 1.807) is 13.8 Å². The van der Waals surface area contributed by atoms with E-state index in [-0.39, 0.29) is 11.7 Å². The molecule has 4 nitrogen and oxygen atoms in total. The smallest absolute Gasteiger partial charge is 0.293 e. The second-order valence-corrected chi connectivity index (χ2v) is 4.62. The minimum atomic E-state index is -0.289. The van der Waals surface area contributed by atoms with E-state index in [2.05, 4.69) is 10.3 Å². The molecule has 2 rings (SSSR count). The van der Waals surface area contributed by atoms with Crippen LogP contribution in [0.4, 0.5) is 5.69 Å². The van der Waals surface area contributed by atoms with Crippen molar-refractivity contribution in [3.05, 3.63) is 47.2 Å². The molecule has 0 aliphatic carbocycles. The molecule has 100 valence electrons. The van der Waals surface area contributed by atoms with Crippen molar-refractivity contribution in [2.45, 2.75) is 20.3 Å². The van der Waals surface area contributed by atoms with Gasteiger partial charge in [-0.05, 0) is 31.0 Å². The molecular weight excluding hydrogens is 264 g/mol. The summed E-state index contributed by atoms with van der Waals surface area (Å²) < 4.78 is 5.27. The normalized spacial score (nSPS) is 10.5. The molecule has 1 aromatic carbocycles. The van der Waals surface area contributed by atoms with Crippen molar-refractivity contribution in [3.8, 4) is 0 Å². The van der Waals surface area contributed by atoms with E-state index in [9.17, 15) is 4.79 Å². The number of carbonyl (C=O) groups excluding carboxylic acids is 1. The lowest BCUT2D eigenvalue weighted by atomic mass is 10.1. The summed E-state index contributed by atoms with van der Waals surface area (Å²) in [5.74, 6) is 1.04. The Bertz CT molecular complexity index is 576. The van der Waals surface area contributed by atoms with Crippen LogP contribution < -0.4 is 5.32 Å². The summed E-state index contributed by atoms with van der Waals surface area (Å²) in [5.41, 5.74) is 2.45. The zero-order chi connectivity index (χ0) is 13.8. The molecule has 1 amide bonds. The van der Waals surface area contributed by atoms with Gasteiger partial charge in [-0.15, -0.1) is 11.6 Å². The number of benzene rings is 1. The van der Waals surface area contributed by atoms with Crippen LogP contribution in [-0.2, 0) is 6.42 Å². The first kappa shape index (κ1) is 13.6. The van der Waals surface area contributed by atoms with Crippen LogP contribution in [0, 0.1) is 13.8 Å². The second kappa shape index (κ2) is 5.89. The van der Waals surface area contributed by atoms with Crippen LogP contribution >= 0.6 is 11.6 Å². The molecule has 19 heavy (non-hydrogen) atoms. The quantitative estimate of drug-likeness (QED) is 0.873. The van der Waals surface area contributed by atoms with Gasteiger partial charge in [-0.25, -0.2) is 4.98 Å². The Labute approximate surface area is 116 Å². The number of halogens is 1. The number of aromatic nitrogens is 1. The van der Waals surface area contributed by atoms with E-state index in [0.717, 1.165) is 17.7 Å². The van der Waals surface area contributed by atoms with Gasteiger partial charge >= 0.3 is 0 Å². The first-order valence-corrected chi connectivity index (χ1v) is 6.54. The van der Waals surface area contributed by atoms with Crippen LogP contribution in [-0.4, -0.2) is 16.8 Å². The molecule has 0 atom stereocenters. The Morgan fingerprint density at radius 3 is 2.53 bits per heavy atom. The number of hydrogen-bond acceptors (Lipinski definition) is 3. The molecule has 0 radical (unpaired) electrons. The van der Waals surface area contributed by atoms with E-state index in [4.69, 9.17) is 16.0 Å². The van der Waals surface area contributed by atoms with Crippen molar-refractivity contribution < 1.29 is 9.21 Å². The maximum Gasteiger partial charge on any atom is 0.293 e. The highest BCUT2D eigenvalue weighted by molar-refractivity contribution is 6.18. The number of amides is 1. The topological polar surface area (TPSA) is 55.1 Å². The molecule has 2 aromatic rings. The Morgan fingerprint density at radius 1 is 1.32 bits per heavy atom. The van der Waals surface area contributed by atoms with E-state index < -0.39 is 0 Å². The predicted octanol–water partition coefficient (Wildman–Crippen LogP) is 3.33. The summed E-state index contributed by atoms with van der Waals surface area (Å²) in [5, 5.41) is 2.78. The molecule has 0 saturated carbocycles. The zero-order valence-corrected chi connectivity index (χ0v) is 11.6. The maximum absolute atomic E-state index is 12.0. The number of nitrogens with one attached hydrogen (secondary N) is 1. The monoisotopic (exact) mass is 278 g/mol. The van der Waals surface area contributed by atoms with Crippen LogP contribution in [0.2, 0.25) is 0 Å². The van der Waals surface area contributed by atoms with Gasteiger partial charge in [-0.2, -0.15) is 0 Å². The van der Waals surface area contributed by atoms with Crippen molar-refractivity contribution in [1.82, 2.24) is 4.98 Å². The molecule has 1 aromatic heterocycles. The third-order valence-corrected chi connectivity index (χ3v) is 2.89. The summed E-state index contributed by atoms with van der Waals surface area (Å²) in [7, 11) is 0. The lowest BCUT2D eigenvalue weighted by Crippen LogP contribution is -2.12. The molecule has 0 spiro atoms. The van der Waals surface area contributed by atoms with Crippen LogP contribution in [0.1, 0.15) is 27.7 Å². The SMILES string of the molecule is Cc1nc(C)c(C(=O)Nc2ccc(CCCl)cc2)o1. The highest BCUT2D eigenvalue weighted by Gasteiger charge is 2.15. The average Bonchev–Trinajstić information content (AvgIpc) is 2.71. The minimum absolute atomic E-state index is 0.252. The van der Waals surface area contributed by atoms with Crippen LogP contribution in [0.15, 0.2) is 28.7 Å². The lowest BCUT2D eigenvalue weighted by molar-refractivity contribution is 0.0994. The van der Waals surface area contributed by atoms with E-state index in [0.29, 0.717) is 17.5 Å². The maximum atomic E-state index is 12.0. The molecule has 0 fully saturated rings. The Balaban J connectivity index is 2.08. The van der Waals surface area contributed by atoms with Gasteiger partial charge in [-0.1, -0.05) is 12.1 Å². The molecule has 0 aliphatic heterocycles. The third kappa shape index (κ3) is 3.35. The highest BCUT2D eigenvalue weighted by atomic mass is 35.5. The fourth-order valence-corrected chi connectivity index (χ4v) is 2.01. The molecular formula is C14H15ClN2O2. The van der Waals surface area contributed by atoms with Gasteiger partial charge in [0.05, 0.1) is 5.69 Å². The minimum Gasteiger partial charge on any atom is -0.436 e. The average molecular weight is 279 g/mol. The van der Waals surface area contributed by atoms with Gasteiger partial charge in [0, 0.05) is 18.5 Å². The number of hydrogen-bond donors (Lipinski definition) is 1. The summed E-state index contributed by atoms with van der Waals surface area (Å²) in [6.45, 7) is 3.46. The molecule has 1 N–H and O–H groups in total. The number of aryl methyl sites for hydroxylation is 3. The first-order chi connectivity index (χ1) is 9.10. The Hall–Kier alpha value is -1.81. The van der Waals surface area contributed by atoms with Crippen molar-refractivity contribution in [1.29, 1.82) is 0 Å². The van der Waals surface area contributed by atoms with E-state index >= 15 is 0 Å². The zero-order valence-electron chi connectivity index (χ0n) is 10.9. The summed E-state index contributed by atoms with van der Waals surface area (Å²) in [4.78, 5) is 16.1. The van der Waals surface area contributed by atoms with E-state index in [1.807, 2.05) is 24.3 Å². The van der Waals surface area contributed by atoms with Gasteiger partial charge in [0.2, 0.25) is 5.76 Å². The number of alkyl halides is 1. The fourth-order valence-electron chi connectivity index (χ4n) is 1.79.